The lowest BCUT2D eigenvalue weighted by molar-refractivity contribution is -0.138. The Morgan fingerprint density at radius 1 is 1.41 bits per heavy atom. The lowest BCUT2D eigenvalue weighted by atomic mass is 10.1. The molecular formula is C15H18N2O5. The van der Waals surface area contributed by atoms with Gasteiger partial charge < -0.3 is 19.6 Å². The molecule has 0 bridgehead atoms. The molecule has 0 saturated carbocycles. The van der Waals surface area contributed by atoms with Crippen molar-refractivity contribution in [3.05, 3.63) is 23.8 Å². The van der Waals surface area contributed by atoms with Crippen molar-refractivity contribution in [2.24, 2.45) is 0 Å². The molecule has 1 aromatic carbocycles. The molecule has 2 rings (SSSR count). The Labute approximate surface area is 128 Å². The van der Waals surface area contributed by atoms with E-state index in [9.17, 15) is 14.4 Å². The second-order valence-electron chi connectivity index (χ2n) is 5.26. The minimum atomic E-state index is -0.956. The van der Waals surface area contributed by atoms with Crippen LogP contribution < -0.4 is 9.64 Å². The summed E-state index contributed by atoms with van der Waals surface area (Å²) >= 11 is 0. The maximum Gasteiger partial charge on any atom is 0.331 e. The van der Waals surface area contributed by atoms with Crippen LogP contribution in [-0.4, -0.2) is 54.5 Å². The molecule has 22 heavy (non-hydrogen) atoms. The lowest BCUT2D eigenvalue weighted by Gasteiger charge is -2.30. The van der Waals surface area contributed by atoms with Crippen LogP contribution in [-0.2, 0) is 14.4 Å². The van der Waals surface area contributed by atoms with Gasteiger partial charge in [-0.2, -0.15) is 0 Å². The second-order valence-corrected chi connectivity index (χ2v) is 5.26. The van der Waals surface area contributed by atoms with E-state index in [1.807, 2.05) is 19.1 Å². The maximum atomic E-state index is 12.2. The van der Waals surface area contributed by atoms with Crippen molar-refractivity contribution < 1.29 is 24.2 Å². The quantitative estimate of drug-likeness (QED) is 0.635. The fourth-order valence-electron chi connectivity index (χ4n) is 2.17. The summed E-state index contributed by atoms with van der Waals surface area (Å²) in [5.74, 6) is -1.19. The number of hydrogen-bond donors (Lipinski definition) is 1. The number of anilines is 1. The number of benzene rings is 1. The van der Waals surface area contributed by atoms with Gasteiger partial charge in [-0.25, -0.2) is 4.79 Å². The Balaban J connectivity index is 2.09. The van der Waals surface area contributed by atoms with Gasteiger partial charge in [0, 0.05) is 13.6 Å². The summed E-state index contributed by atoms with van der Waals surface area (Å²) in [5.41, 5.74) is 1.69. The third-order valence-electron chi connectivity index (χ3n) is 3.41. The van der Waals surface area contributed by atoms with E-state index in [4.69, 9.17) is 9.84 Å². The van der Waals surface area contributed by atoms with Gasteiger partial charge in [0.05, 0.1) is 18.7 Å². The van der Waals surface area contributed by atoms with Gasteiger partial charge in [-0.3, -0.25) is 9.59 Å². The second kappa shape index (κ2) is 6.46. The molecule has 0 atom stereocenters. The third-order valence-corrected chi connectivity index (χ3v) is 3.41. The first-order chi connectivity index (χ1) is 10.4. The number of nitrogens with zero attached hydrogens (tertiary/aromatic N) is 2. The Kier molecular flexibility index (Phi) is 4.65. The van der Waals surface area contributed by atoms with Gasteiger partial charge in [-0.1, -0.05) is 6.07 Å². The maximum absolute atomic E-state index is 12.2. The van der Waals surface area contributed by atoms with Crippen LogP contribution in [0, 0.1) is 6.92 Å². The summed E-state index contributed by atoms with van der Waals surface area (Å²) in [5, 5.41) is 8.65. The number of amides is 1. The minimum Gasteiger partial charge on any atom is -0.481 e. The van der Waals surface area contributed by atoms with E-state index in [2.05, 4.69) is 0 Å². The number of carboxylic acid groups (broad SMARTS) is 1. The van der Waals surface area contributed by atoms with Crippen molar-refractivity contribution in [1.29, 1.82) is 0 Å². The number of carbonyl (C=O) groups excluding carboxylic acids is 2. The molecule has 7 nitrogen and oxygen atoms in total. The van der Waals surface area contributed by atoms with E-state index in [1.54, 1.807) is 18.0 Å². The molecule has 1 amide bonds. The number of esters is 1. The van der Waals surface area contributed by atoms with Crippen molar-refractivity contribution >= 4 is 23.5 Å². The zero-order valence-corrected chi connectivity index (χ0v) is 12.5. The predicted molar refractivity (Wildman–Crippen MR) is 78.9 cm³/mol. The van der Waals surface area contributed by atoms with Crippen molar-refractivity contribution in [3.63, 3.8) is 0 Å². The standard InChI is InChI=1S/C15H18N2O5/c1-10-3-4-12-11(7-10)17(9-15(21)22-12)8-13(18)16(2)6-5-14(19)20/h3-4,7H,5-6,8-9H2,1-2H3,(H,19,20). The summed E-state index contributed by atoms with van der Waals surface area (Å²) in [6.07, 6.45) is -0.111. The van der Waals surface area contributed by atoms with Crippen LogP contribution in [0.4, 0.5) is 5.69 Å². The average Bonchev–Trinajstić information content (AvgIpc) is 2.45. The van der Waals surface area contributed by atoms with Crippen molar-refractivity contribution in [2.45, 2.75) is 13.3 Å². The van der Waals surface area contributed by atoms with E-state index >= 15 is 0 Å². The smallest absolute Gasteiger partial charge is 0.331 e. The monoisotopic (exact) mass is 306 g/mol. The minimum absolute atomic E-state index is 0.00166. The van der Waals surface area contributed by atoms with E-state index in [-0.39, 0.29) is 32.0 Å². The first kappa shape index (κ1) is 15.8. The molecular weight excluding hydrogens is 288 g/mol. The molecule has 1 aromatic rings. The molecule has 0 unspecified atom stereocenters. The van der Waals surface area contributed by atoms with Gasteiger partial charge in [0.2, 0.25) is 5.91 Å². The van der Waals surface area contributed by atoms with Crippen LogP contribution in [0.2, 0.25) is 0 Å². The number of carbonyl (C=O) groups is 3. The first-order valence-electron chi connectivity index (χ1n) is 6.89. The fourth-order valence-corrected chi connectivity index (χ4v) is 2.17. The fraction of sp³-hybridized carbons (Fsp3) is 0.400. The van der Waals surface area contributed by atoms with E-state index < -0.39 is 11.9 Å². The van der Waals surface area contributed by atoms with Crippen LogP contribution in [0.5, 0.6) is 5.75 Å². The zero-order valence-electron chi connectivity index (χ0n) is 12.5. The highest BCUT2D eigenvalue weighted by Gasteiger charge is 2.26. The van der Waals surface area contributed by atoms with Crippen LogP contribution in [0.15, 0.2) is 18.2 Å². The van der Waals surface area contributed by atoms with Gasteiger partial charge >= 0.3 is 11.9 Å². The Morgan fingerprint density at radius 3 is 2.82 bits per heavy atom. The number of aliphatic carboxylic acids is 1. The number of aryl methyl sites for hydroxylation is 1. The molecule has 118 valence electrons. The van der Waals surface area contributed by atoms with E-state index in [0.29, 0.717) is 11.4 Å². The highest BCUT2D eigenvalue weighted by atomic mass is 16.5. The molecule has 0 fully saturated rings. The van der Waals surface area contributed by atoms with Crippen LogP contribution in [0.25, 0.3) is 0 Å². The molecule has 0 spiro atoms. The average molecular weight is 306 g/mol. The lowest BCUT2D eigenvalue weighted by Crippen LogP contribution is -2.44. The zero-order chi connectivity index (χ0) is 16.3. The first-order valence-corrected chi connectivity index (χ1v) is 6.89. The Morgan fingerprint density at radius 2 is 2.14 bits per heavy atom. The van der Waals surface area contributed by atoms with Crippen LogP contribution in [0.1, 0.15) is 12.0 Å². The molecule has 1 aliphatic heterocycles. The number of fused-ring (bicyclic) bond motifs is 1. The number of carboxylic acids is 1. The number of hydrogen-bond acceptors (Lipinski definition) is 5. The molecule has 1 aliphatic rings. The normalized spacial score (nSPS) is 13.4. The van der Waals surface area contributed by atoms with Gasteiger partial charge in [0.15, 0.2) is 5.75 Å². The van der Waals surface area contributed by atoms with Crippen molar-refractivity contribution in [2.75, 3.05) is 31.6 Å². The third kappa shape index (κ3) is 3.75. The number of likely N-dealkylation sites (N-methyl/N-ethyl adjacent to an activating group) is 1. The SMILES string of the molecule is Cc1ccc2c(c1)N(CC(=O)N(C)CCC(=O)O)CC(=O)O2. The Hall–Kier alpha value is -2.57. The van der Waals surface area contributed by atoms with Gasteiger partial charge in [-0.05, 0) is 24.6 Å². The summed E-state index contributed by atoms with van der Waals surface area (Å²) in [4.78, 5) is 37.3. The highest BCUT2D eigenvalue weighted by Crippen LogP contribution is 2.32. The summed E-state index contributed by atoms with van der Waals surface area (Å²) in [7, 11) is 1.55. The molecule has 7 heteroatoms. The largest absolute Gasteiger partial charge is 0.481 e. The van der Waals surface area contributed by atoms with E-state index in [1.165, 1.54) is 4.90 Å². The molecule has 0 radical (unpaired) electrons. The molecule has 0 aromatic heterocycles. The number of ether oxygens (including phenoxy) is 1. The predicted octanol–water partition coefficient (Wildman–Crippen LogP) is 0.654. The van der Waals surface area contributed by atoms with Crippen LogP contribution >= 0.6 is 0 Å². The summed E-state index contributed by atoms with van der Waals surface area (Å²) < 4.78 is 5.15. The van der Waals surface area contributed by atoms with Crippen LogP contribution in [0.3, 0.4) is 0 Å². The van der Waals surface area contributed by atoms with Gasteiger partial charge in [0.25, 0.3) is 0 Å². The van der Waals surface area contributed by atoms with E-state index in [0.717, 1.165) is 5.56 Å². The molecule has 1 N–H and O–H groups in total. The highest BCUT2D eigenvalue weighted by molar-refractivity contribution is 5.89. The van der Waals surface area contributed by atoms with Crippen molar-refractivity contribution in [1.82, 2.24) is 4.90 Å². The topological polar surface area (TPSA) is 87.2 Å². The molecule has 0 aliphatic carbocycles. The summed E-state index contributed by atoms with van der Waals surface area (Å²) in [6, 6.07) is 5.38. The Bertz CT molecular complexity index is 614. The van der Waals surface area contributed by atoms with Crippen molar-refractivity contribution in [3.8, 4) is 5.75 Å². The molecule has 0 saturated heterocycles. The molecule has 1 heterocycles. The number of rotatable bonds is 5. The van der Waals surface area contributed by atoms with Gasteiger partial charge in [-0.15, -0.1) is 0 Å². The summed E-state index contributed by atoms with van der Waals surface area (Å²) in [6.45, 7) is 2.04. The van der Waals surface area contributed by atoms with Gasteiger partial charge in [0.1, 0.15) is 6.54 Å².